The highest BCUT2D eigenvalue weighted by Gasteiger charge is 2.13. The van der Waals surface area contributed by atoms with Gasteiger partial charge in [-0.2, -0.15) is 0 Å². The first kappa shape index (κ1) is 14.0. The van der Waals surface area contributed by atoms with Crippen molar-refractivity contribution in [2.24, 2.45) is 0 Å². The average Bonchev–Trinajstić information content (AvgIpc) is 2.32. The molecular formula is C10H10F3O3P. The van der Waals surface area contributed by atoms with Gasteiger partial charge in [-0.1, -0.05) is 12.1 Å². The first-order chi connectivity index (χ1) is 8.06. The molecule has 1 aromatic carbocycles. The molecule has 0 bridgehead atoms. The molecule has 17 heavy (non-hydrogen) atoms. The van der Waals surface area contributed by atoms with Crippen LogP contribution in [-0.2, 0) is 20.2 Å². The number of rotatable bonds is 6. The Hall–Kier alpha value is -1.10. The Morgan fingerprint density at radius 2 is 1.94 bits per heavy atom. The van der Waals surface area contributed by atoms with Crippen LogP contribution in [0.25, 0.3) is 0 Å². The Kier molecular flexibility index (Phi) is 5.41. The highest BCUT2D eigenvalue weighted by Crippen LogP contribution is 2.26. The molecule has 1 rings (SSSR count). The fraction of sp³-hybridized carbons (Fsp3) is 0.200. The molecule has 0 fully saturated rings. The van der Waals surface area contributed by atoms with E-state index in [4.69, 9.17) is 0 Å². The minimum absolute atomic E-state index is 0.0259. The van der Waals surface area contributed by atoms with Crippen LogP contribution in [0.4, 0.5) is 13.2 Å². The largest absolute Gasteiger partial charge is 0.319 e. The predicted octanol–water partition coefficient (Wildman–Crippen LogP) is 3.21. The molecule has 94 valence electrons. The predicted molar refractivity (Wildman–Crippen MR) is 56.3 cm³/mol. The van der Waals surface area contributed by atoms with Gasteiger partial charge in [-0.3, -0.25) is 4.57 Å². The molecule has 3 nitrogen and oxygen atoms in total. The summed E-state index contributed by atoms with van der Waals surface area (Å²) in [5.74, 6) is -4.23. The van der Waals surface area contributed by atoms with E-state index in [1.54, 1.807) is 0 Å². The first-order valence-electron chi connectivity index (χ1n) is 4.59. The van der Waals surface area contributed by atoms with Crippen molar-refractivity contribution >= 4 is 8.25 Å². The third kappa shape index (κ3) is 4.00. The molecule has 0 aliphatic carbocycles. The summed E-state index contributed by atoms with van der Waals surface area (Å²) in [4.78, 5) is 0. The Balaban J connectivity index is 2.61. The minimum atomic E-state index is -2.79. The van der Waals surface area contributed by atoms with E-state index in [9.17, 15) is 17.7 Å². The van der Waals surface area contributed by atoms with E-state index in [2.05, 4.69) is 15.6 Å². The quantitative estimate of drug-likeness (QED) is 0.450. The van der Waals surface area contributed by atoms with Gasteiger partial charge < -0.3 is 9.05 Å². The number of hydrogen-bond donors (Lipinski definition) is 0. The van der Waals surface area contributed by atoms with Crippen molar-refractivity contribution in [2.75, 3.05) is 6.61 Å². The van der Waals surface area contributed by atoms with E-state index >= 15 is 0 Å². The molecule has 0 saturated heterocycles. The van der Waals surface area contributed by atoms with Gasteiger partial charge in [-0.15, -0.1) is 6.58 Å². The van der Waals surface area contributed by atoms with E-state index in [-0.39, 0.29) is 12.2 Å². The van der Waals surface area contributed by atoms with Gasteiger partial charge in [-0.05, 0) is 6.07 Å². The second kappa shape index (κ2) is 6.59. The third-order valence-electron chi connectivity index (χ3n) is 1.78. The molecule has 0 amide bonds. The normalized spacial score (nSPS) is 12.4. The van der Waals surface area contributed by atoms with Crippen LogP contribution in [0, 0.1) is 17.5 Å². The van der Waals surface area contributed by atoms with Crippen molar-refractivity contribution < 1.29 is 26.8 Å². The zero-order valence-corrected chi connectivity index (χ0v) is 9.71. The monoisotopic (exact) mass is 266 g/mol. The summed E-state index contributed by atoms with van der Waals surface area (Å²) in [6.07, 6.45) is 1.37. The Morgan fingerprint density at radius 1 is 1.24 bits per heavy atom. The van der Waals surface area contributed by atoms with Crippen LogP contribution in [0.2, 0.25) is 0 Å². The van der Waals surface area contributed by atoms with Crippen LogP contribution in [0.15, 0.2) is 24.8 Å². The van der Waals surface area contributed by atoms with Crippen molar-refractivity contribution in [1.29, 1.82) is 0 Å². The van der Waals surface area contributed by atoms with Crippen LogP contribution in [0.1, 0.15) is 5.56 Å². The molecule has 0 aliphatic heterocycles. The highest BCUT2D eigenvalue weighted by molar-refractivity contribution is 7.33. The van der Waals surface area contributed by atoms with Gasteiger partial charge in [0.05, 0.1) is 13.2 Å². The first-order valence-corrected chi connectivity index (χ1v) is 5.81. The van der Waals surface area contributed by atoms with Crippen LogP contribution in [-0.4, -0.2) is 6.61 Å². The lowest BCUT2D eigenvalue weighted by molar-refractivity contribution is 0.230. The van der Waals surface area contributed by atoms with Crippen molar-refractivity contribution in [3.05, 3.63) is 47.8 Å². The lowest BCUT2D eigenvalue weighted by atomic mass is 10.2. The summed E-state index contributed by atoms with van der Waals surface area (Å²) in [5.41, 5.74) is -0.232. The molecule has 1 unspecified atom stereocenters. The number of halogens is 3. The van der Waals surface area contributed by atoms with Crippen molar-refractivity contribution in [3.8, 4) is 0 Å². The van der Waals surface area contributed by atoms with E-state index < -0.39 is 32.3 Å². The molecule has 0 radical (unpaired) electrons. The molecule has 0 N–H and O–H groups in total. The Morgan fingerprint density at radius 3 is 2.59 bits per heavy atom. The van der Waals surface area contributed by atoms with Gasteiger partial charge in [0.2, 0.25) is 0 Å². The van der Waals surface area contributed by atoms with Crippen LogP contribution >= 0.6 is 8.25 Å². The van der Waals surface area contributed by atoms with Crippen LogP contribution < -0.4 is 0 Å². The SMILES string of the molecule is C=CCO[PH](=O)OCc1ccc(F)c(F)c1F. The van der Waals surface area contributed by atoms with E-state index in [0.29, 0.717) is 0 Å². The van der Waals surface area contributed by atoms with Gasteiger partial charge in [0, 0.05) is 5.56 Å². The van der Waals surface area contributed by atoms with Crippen molar-refractivity contribution in [3.63, 3.8) is 0 Å². The standard InChI is InChI=1S/C10H10F3O3P/c1-2-5-15-17(14)16-6-7-3-4-8(11)10(13)9(7)12/h2-4,17H,1,5-6H2. The van der Waals surface area contributed by atoms with E-state index in [1.165, 1.54) is 6.08 Å². The molecular weight excluding hydrogens is 256 g/mol. The summed E-state index contributed by atoms with van der Waals surface area (Å²) >= 11 is 0. The molecule has 1 atom stereocenters. The lowest BCUT2D eigenvalue weighted by Crippen LogP contribution is -1.98. The van der Waals surface area contributed by atoms with E-state index in [0.717, 1.165) is 12.1 Å². The zero-order chi connectivity index (χ0) is 12.8. The van der Waals surface area contributed by atoms with Gasteiger partial charge in [0.1, 0.15) is 0 Å². The molecule has 0 heterocycles. The maximum Gasteiger partial charge on any atom is 0.319 e. The van der Waals surface area contributed by atoms with Crippen LogP contribution in [0.3, 0.4) is 0 Å². The summed E-state index contributed by atoms with van der Waals surface area (Å²) in [6, 6.07) is 1.77. The topological polar surface area (TPSA) is 35.5 Å². The molecule has 7 heteroatoms. The zero-order valence-electron chi connectivity index (χ0n) is 8.71. The maximum atomic E-state index is 13.1. The smallest absolute Gasteiger partial charge is 0.306 e. The lowest BCUT2D eigenvalue weighted by Gasteiger charge is -2.06. The molecule has 0 aromatic heterocycles. The summed E-state index contributed by atoms with van der Waals surface area (Å²) in [5, 5.41) is 0. The minimum Gasteiger partial charge on any atom is -0.306 e. The van der Waals surface area contributed by atoms with Gasteiger partial charge in [0.15, 0.2) is 17.5 Å². The molecule has 1 aromatic rings. The second-order valence-electron chi connectivity index (χ2n) is 2.97. The fourth-order valence-corrected chi connectivity index (χ4v) is 1.59. The molecule has 0 aliphatic rings. The Bertz CT molecular complexity index is 437. The van der Waals surface area contributed by atoms with E-state index in [1.807, 2.05) is 0 Å². The van der Waals surface area contributed by atoms with Crippen molar-refractivity contribution in [2.45, 2.75) is 6.61 Å². The van der Waals surface area contributed by atoms with Gasteiger partial charge in [0.25, 0.3) is 0 Å². The number of benzene rings is 1. The summed E-state index contributed by atoms with van der Waals surface area (Å²) < 4.78 is 58.8. The number of hydrogen-bond acceptors (Lipinski definition) is 3. The Labute approximate surface area is 96.8 Å². The molecule has 0 saturated carbocycles. The second-order valence-corrected chi connectivity index (χ2v) is 4.05. The highest BCUT2D eigenvalue weighted by atomic mass is 31.1. The maximum absolute atomic E-state index is 13.1. The summed E-state index contributed by atoms with van der Waals surface area (Å²) in [7, 11) is -2.79. The fourth-order valence-electron chi connectivity index (χ4n) is 0.983. The van der Waals surface area contributed by atoms with Crippen molar-refractivity contribution in [1.82, 2.24) is 0 Å². The van der Waals surface area contributed by atoms with Crippen LogP contribution in [0.5, 0.6) is 0 Å². The third-order valence-corrected chi connectivity index (χ3v) is 2.56. The summed E-state index contributed by atoms with van der Waals surface area (Å²) in [6.45, 7) is 2.90. The average molecular weight is 266 g/mol. The molecule has 0 spiro atoms. The van der Waals surface area contributed by atoms with Gasteiger partial charge in [-0.25, -0.2) is 13.2 Å². The van der Waals surface area contributed by atoms with Gasteiger partial charge >= 0.3 is 8.25 Å².